The molecule has 9 nitrogen and oxygen atoms in total. The number of hydrogen-bond donors (Lipinski definition) is 3. The Bertz CT molecular complexity index is 2770. The number of aryl methyl sites for hydroxylation is 6. The number of carbonyl (C=O) groups excluding carboxylic acids is 3. The van der Waals surface area contributed by atoms with E-state index in [9.17, 15) is 14.4 Å². The maximum absolute atomic E-state index is 12.6. The summed E-state index contributed by atoms with van der Waals surface area (Å²) < 4.78 is 0. The first-order valence-electron chi connectivity index (χ1n) is 34.4. The van der Waals surface area contributed by atoms with Crippen molar-refractivity contribution in [2.45, 2.75) is 256 Å². The summed E-state index contributed by atoms with van der Waals surface area (Å²) in [5.41, 5.74) is 17.1. The van der Waals surface area contributed by atoms with Gasteiger partial charge in [0, 0.05) is 98.1 Å². The Morgan fingerprint density at radius 3 is 0.753 bits per heavy atom. The van der Waals surface area contributed by atoms with Crippen LogP contribution in [0.15, 0.2) is 90.7 Å². The standard InChI is InChI=1S/3C24H32BN2O.3C2H6.3Y/c3*1-16(2)19-7-12-22(25-15-19)24(28)26-20-8-10-21(11-9-20)27(5)23-13-6-17(3)14-18(23)4;3*1-2;;;/h3*6-7,12-13,15-16,20-21H,8-11H2,1-5H3,(H,26,28);3*1-2H3;;;/q3*-1;;;;;;. The Morgan fingerprint density at radius 1 is 0.366 bits per heavy atom. The number of nitrogens with zero attached hydrogens (tertiary/aromatic N) is 3. The van der Waals surface area contributed by atoms with Gasteiger partial charge in [0.15, 0.2) is 0 Å². The van der Waals surface area contributed by atoms with Crippen molar-refractivity contribution in [3.8, 4) is 0 Å². The molecule has 0 atom stereocenters. The summed E-state index contributed by atoms with van der Waals surface area (Å²) in [7, 11) is 6.56. The van der Waals surface area contributed by atoms with E-state index in [4.69, 9.17) is 0 Å². The van der Waals surface area contributed by atoms with Gasteiger partial charge in [-0.25, -0.2) is 0 Å². The number of hydrogen-bond acceptors (Lipinski definition) is 6. The largest absolute Gasteiger partial charge is 0 e. The van der Waals surface area contributed by atoms with Crippen LogP contribution in [0.25, 0.3) is 0 Å². The van der Waals surface area contributed by atoms with Gasteiger partial charge in [-0.1, -0.05) is 62.3 Å². The van der Waals surface area contributed by atoms with E-state index in [-0.39, 0.29) is 134 Å². The Balaban J connectivity index is 0.000000659. The smallest absolute Gasteiger partial charge is 0 e. The molecule has 3 saturated carbocycles. The van der Waals surface area contributed by atoms with Crippen molar-refractivity contribution in [3.05, 3.63) is 175 Å². The molecule has 6 aromatic rings. The summed E-state index contributed by atoms with van der Waals surface area (Å²) in [5, 5.41) is 9.71. The van der Waals surface area contributed by atoms with E-state index in [1.807, 2.05) is 80.5 Å². The van der Waals surface area contributed by atoms with Crippen molar-refractivity contribution >= 4 is 55.5 Å². The van der Waals surface area contributed by atoms with Crippen LogP contribution in [0.2, 0.25) is 0 Å². The topological polar surface area (TPSA) is 97.0 Å². The second kappa shape index (κ2) is 45.6. The van der Waals surface area contributed by atoms with Gasteiger partial charge < -0.3 is 0 Å². The van der Waals surface area contributed by atoms with Crippen molar-refractivity contribution in [1.29, 1.82) is 0 Å². The van der Waals surface area contributed by atoms with E-state index < -0.39 is 0 Å². The van der Waals surface area contributed by atoms with Gasteiger partial charge in [0.2, 0.25) is 0 Å². The molecule has 3 aromatic carbocycles. The molecule has 0 unspecified atom stereocenters. The van der Waals surface area contributed by atoms with Crippen LogP contribution in [0.5, 0.6) is 0 Å². The number of rotatable bonds is 15. The number of amides is 3. The number of benzene rings is 3. The van der Waals surface area contributed by atoms with Crippen LogP contribution >= 0.6 is 0 Å². The molecule has 3 amide bonds. The van der Waals surface area contributed by atoms with Crippen LogP contribution in [-0.4, -0.2) is 95.8 Å². The summed E-state index contributed by atoms with van der Waals surface area (Å²) in [6.45, 7) is 43.5. The molecular weight excluding hydrogens is 1370 g/mol. The van der Waals surface area contributed by atoms with Crippen molar-refractivity contribution in [1.82, 2.24) is 16.0 Å². The van der Waals surface area contributed by atoms with E-state index >= 15 is 0 Å². The molecule has 3 fully saturated rings. The molecule has 495 valence electrons. The fourth-order valence-electron chi connectivity index (χ4n) is 12.6. The first-order chi connectivity index (χ1) is 43.0. The third-order valence-electron chi connectivity index (χ3n) is 18.2. The molecule has 3 aliphatic rings. The third-order valence-corrected chi connectivity index (χ3v) is 18.2. The number of carbonyl (C=O) groups is 3. The molecule has 3 N–H and O–H groups in total. The van der Waals surface area contributed by atoms with Crippen molar-refractivity contribution in [2.75, 3.05) is 35.8 Å². The van der Waals surface area contributed by atoms with E-state index in [1.54, 1.807) is 0 Å². The van der Waals surface area contributed by atoms with E-state index in [2.05, 4.69) is 226 Å². The second-order valence-corrected chi connectivity index (χ2v) is 25.6. The summed E-state index contributed by atoms with van der Waals surface area (Å²) in [6.07, 6.45) is 12.8. The summed E-state index contributed by atoms with van der Waals surface area (Å²) in [5.74, 6) is 7.80. The predicted octanol–water partition coefficient (Wildman–Crippen LogP) is 17.3. The molecule has 93 heavy (non-hydrogen) atoms. The summed E-state index contributed by atoms with van der Waals surface area (Å²) in [6, 6.07) is 37.7. The fourth-order valence-corrected chi connectivity index (χ4v) is 12.6. The first-order valence-corrected chi connectivity index (χ1v) is 34.4. The van der Waals surface area contributed by atoms with Crippen LogP contribution in [0.4, 0.5) is 17.1 Å². The van der Waals surface area contributed by atoms with Gasteiger partial charge in [0.05, 0.1) is 0 Å². The average molecular weight is 1480 g/mol. The third kappa shape index (κ3) is 27.7. The predicted molar refractivity (Wildman–Crippen MR) is 390 cm³/mol. The van der Waals surface area contributed by atoms with Crippen LogP contribution < -0.4 is 30.7 Å². The van der Waals surface area contributed by atoms with Gasteiger partial charge >= 0.3 is 490 Å². The molecule has 15 heteroatoms. The zero-order valence-corrected chi connectivity index (χ0v) is 69.9. The van der Waals surface area contributed by atoms with Gasteiger partial charge in [-0.2, -0.15) is 0 Å². The minimum absolute atomic E-state index is 0. The molecule has 3 heterocycles. The molecule has 3 aliphatic carbocycles. The molecule has 0 saturated heterocycles. The maximum Gasteiger partial charge on any atom is 0 e. The zero-order chi connectivity index (χ0) is 66.8. The van der Waals surface area contributed by atoms with E-state index in [1.165, 1.54) is 67.1 Å². The van der Waals surface area contributed by atoms with E-state index in [0.717, 1.165) is 93.4 Å². The quantitative estimate of drug-likeness (QED) is 0.0887. The minimum atomic E-state index is 0. The second-order valence-electron chi connectivity index (χ2n) is 25.6. The Morgan fingerprint density at radius 2 is 0.581 bits per heavy atom. The van der Waals surface area contributed by atoms with Gasteiger partial charge in [0.25, 0.3) is 0 Å². The SMILES string of the molecule is CC.CC.CC.Cc1[c-]c(C)c(N(C)C2CCC(NC(=O)c3bcc(C(C)C)cc3)CC2)cc1.Cc1[c-]c(C)c(N(C)C2CCC(NC(=O)c3bcc(C(C)C)cc3)CC2)cc1.Cc1[c-]c(C)c(N(C)C2CCC(NC(=O)c3bcc(C(C)C)cc3)CC2)cc1.[Y].[Y].[Y]. The van der Waals surface area contributed by atoms with Crippen molar-refractivity contribution < 1.29 is 113 Å². The average Bonchev–Trinajstić information content (AvgIpc) is 1.71. The fraction of sp³-hybridized carbons (Fsp3) is 0.538. The molecule has 3 aromatic heterocycles. The first kappa shape index (κ1) is 88.0. The Labute approximate surface area is 644 Å². The van der Waals surface area contributed by atoms with Gasteiger partial charge in [-0.05, 0) is 0 Å². The zero-order valence-electron chi connectivity index (χ0n) is 61.4. The molecule has 0 bridgehead atoms. The van der Waals surface area contributed by atoms with Gasteiger partial charge in [0.1, 0.15) is 0 Å². The normalized spacial score (nSPS) is 17.7. The van der Waals surface area contributed by atoms with Crippen LogP contribution in [0, 0.1) is 59.7 Å². The molecule has 0 aliphatic heterocycles. The van der Waals surface area contributed by atoms with Gasteiger partial charge in [-0.15, -0.1) is 0 Å². The summed E-state index contributed by atoms with van der Waals surface area (Å²) in [4.78, 5) is 44.9. The maximum atomic E-state index is 12.6. The molecular formula is C78H114B3N6O3Y3-3. The van der Waals surface area contributed by atoms with Crippen LogP contribution in [0.1, 0.15) is 259 Å². The molecule has 9 rings (SSSR count). The minimum Gasteiger partial charge on any atom is 0 e. The Hall–Kier alpha value is -2.97. The Kier molecular flexibility index (Phi) is 43.1. The van der Waals surface area contributed by atoms with Crippen LogP contribution in [-0.2, 0) is 98.1 Å². The number of nitrogens with one attached hydrogen (secondary N) is 3. The van der Waals surface area contributed by atoms with Crippen molar-refractivity contribution in [3.63, 3.8) is 0 Å². The summed E-state index contributed by atoms with van der Waals surface area (Å²) >= 11 is 0. The van der Waals surface area contributed by atoms with Crippen LogP contribution in [0.3, 0.4) is 0 Å². The molecule has 0 spiro atoms. The van der Waals surface area contributed by atoms with Crippen molar-refractivity contribution in [2.24, 2.45) is 0 Å². The monoisotopic (exact) mass is 1480 g/mol. The van der Waals surface area contributed by atoms with E-state index in [0.29, 0.717) is 35.9 Å². The van der Waals surface area contributed by atoms with Gasteiger partial charge in [-0.3, -0.25) is 0 Å². The number of anilines is 3. The molecule has 3 radical (unpaired) electrons.